The molecule has 4 nitrogen and oxygen atoms in total. The van der Waals surface area contributed by atoms with Crippen molar-refractivity contribution in [1.29, 1.82) is 0 Å². The molecule has 0 saturated heterocycles. The van der Waals surface area contributed by atoms with Crippen molar-refractivity contribution in [3.63, 3.8) is 0 Å². The molecule has 2 heterocycles. The standard InChI is InChI=1S/C7H4N2O2/c10-6-2-1-4-5(9-6)3-7(11)8-4/h1-2H,3H2. The van der Waals surface area contributed by atoms with Crippen LogP contribution in [-0.4, -0.2) is 23.2 Å². The molecule has 0 bridgehead atoms. The summed E-state index contributed by atoms with van der Waals surface area (Å²) in [4.78, 5) is 28.7. The zero-order valence-corrected chi connectivity index (χ0v) is 5.57. The quantitative estimate of drug-likeness (QED) is 0.481. The number of carbonyl (C=O) groups is 2. The second kappa shape index (κ2) is 1.95. The van der Waals surface area contributed by atoms with Crippen molar-refractivity contribution < 1.29 is 9.59 Å². The Kier molecular flexibility index (Phi) is 1.09. The first-order valence-electron chi connectivity index (χ1n) is 3.17. The molecule has 54 valence electrons. The van der Waals surface area contributed by atoms with Crippen LogP contribution < -0.4 is 0 Å². The third-order valence-electron chi connectivity index (χ3n) is 1.49. The van der Waals surface area contributed by atoms with Crippen LogP contribution in [0.4, 0.5) is 0 Å². The number of fused-ring (bicyclic) bond motifs is 1. The Labute approximate surface area is 62.3 Å². The van der Waals surface area contributed by atoms with Crippen molar-refractivity contribution in [1.82, 2.24) is 0 Å². The molecule has 0 radical (unpaired) electrons. The predicted octanol–water partition coefficient (Wildman–Crippen LogP) is -0.105. The lowest BCUT2D eigenvalue weighted by molar-refractivity contribution is -0.116. The molecule has 0 aromatic carbocycles. The molecule has 2 rings (SSSR count). The third-order valence-corrected chi connectivity index (χ3v) is 1.49. The predicted molar refractivity (Wildman–Crippen MR) is 38.6 cm³/mol. The highest BCUT2D eigenvalue weighted by Crippen LogP contribution is 2.09. The Morgan fingerprint density at radius 2 is 2.00 bits per heavy atom. The second-order valence-electron chi connectivity index (χ2n) is 2.30. The maximum atomic E-state index is 10.7. The summed E-state index contributed by atoms with van der Waals surface area (Å²) >= 11 is 0. The van der Waals surface area contributed by atoms with Gasteiger partial charge in [-0.1, -0.05) is 0 Å². The fourth-order valence-corrected chi connectivity index (χ4v) is 1.02. The number of aliphatic imine (C=N–C) groups is 2. The summed E-state index contributed by atoms with van der Waals surface area (Å²) < 4.78 is 0. The molecule has 0 N–H and O–H groups in total. The molecular formula is C7H4N2O2. The average molecular weight is 148 g/mol. The van der Waals surface area contributed by atoms with Gasteiger partial charge in [0.2, 0.25) is 0 Å². The molecule has 11 heavy (non-hydrogen) atoms. The third kappa shape index (κ3) is 0.920. The van der Waals surface area contributed by atoms with Crippen molar-refractivity contribution in [3.8, 4) is 0 Å². The van der Waals surface area contributed by atoms with Crippen LogP contribution in [-0.2, 0) is 9.59 Å². The van der Waals surface area contributed by atoms with E-state index in [2.05, 4.69) is 9.98 Å². The Balaban J connectivity index is 2.47. The van der Waals surface area contributed by atoms with Gasteiger partial charge in [-0.2, -0.15) is 0 Å². The van der Waals surface area contributed by atoms with E-state index in [0.29, 0.717) is 11.4 Å². The molecule has 0 aromatic rings. The summed E-state index contributed by atoms with van der Waals surface area (Å²) in [5, 5.41) is 0. The van der Waals surface area contributed by atoms with E-state index < -0.39 is 0 Å². The molecule has 0 saturated carbocycles. The Bertz CT molecular complexity index is 336. The van der Waals surface area contributed by atoms with Gasteiger partial charge in [-0.15, -0.1) is 0 Å². The van der Waals surface area contributed by atoms with Crippen LogP contribution in [0.1, 0.15) is 6.42 Å². The molecule has 0 unspecified atom stereocenters. The SMILES string of the molecule is O=C1C=CC2=NC(=O)CC2=N1. The van der Waals surface area contributed by atoms with Gasteiger partial charge >= 0.3 is 0 Å². The minimum absolute atomic E-state index is 0.172. The van der Waals surface area contributed by atoms with E-state index in [4.69, 9.17) is 0 Å². The lowest BCUT2D eigenvalue weighted by atomic mass is 10.1. The number of allylic oxidation sites excluding steroid dienone is 1. The van der Waals surface area contributed by atoms with Gasteiger partial charge in [-0.25, -0.2) is 9.98 Å². The Hall–Kier alpha value is -1.58. The minimum atomic E-state index is -0.311. The van der Waals surface area contributed by atoms with Crippen LogP contribution in [0.3, 0.4) is 0 Å². The van der Waals surface area contributed by atoms with Gasteiger partial charge in [-0.05, 0) is 6.08 Å². The summed E-state index contributed by atoms with van der Waals surface area (Å²) in [6.45, 7) is 0. The summed E-state index contributed by atoms with van der Waals surface area (Å²) in [6.07, 6.45) is 3.00. The fourth-order valence-electron chi connectivity index (χ4n) is 1.02. The minimum Gasteiger partial charge on any atom is -0.272 e. The topological polar surface area (TPSA) is 58.9 Å². The highest BCUT2D eigenvalue weighted by atomic mass is 16.2. The van der Waals surface area contributed by atoms with Gasteiger partial charge in [0.15, 0.2) is 0 Å². The van der Waals surface area contributed by atoms with Crippen LogP contribution in [0, 0.1) is 0 Å². The highest BCUT2D eigenvalue weighted by Gasteiger charge is 2.22. The summed E-state index contributed by atoms with van der Waals surface area (Å²) in [7, 11) is 0. The zero-order chi connectivity index (χ0) is 7.84. The maximum Gasteiger partial charge on any atom is 0.270 e. The lowest BCUT2D eigenvalue weighted by Crippen LogP contribution is -2.13. The number of hydrogen-bond acceptors (Lipinski definition) is 2. The molecule has 4 heteroatoms. The largest absolute Gasteiger partial charge is 0.272 e. The van der Waals surface area contributed by atoms with Gasteiger partial charge in [0.1, 0.15) is 0 Å². The van der Waals surface area contributed by atoms with E-state index in [0.717, 1.165) is 0 Å². The van der Waals surface area contributed by atoms with Gasteiger partial charge in [0.05, 0.1) is 17.8 Å². The van der Waals surface area contributed by atoms with Crippen molar-refractivity contribution >= 4 is 23.2 Å². The van der Waals surface area contributed by atoms with E-state index in [1.165, 1.54) is 12.2 Å². The summed E-state index contributed by atoms with van der Waals surface area (Å²) in [6, 6.07) is 0. The normalized spacial score (nSPS) is 21.5. The molecule has 2 aliphatic heterocycles. The summed E-state index contributed by atoms with van der Waals surface area (Å²) in [5.41, 5.74) is 1.04. The van der Waals surface area contributed by atoms with Crippen molar-refractivity contribution in [2.45, 2.75) is 6.42 Å². The number of carbonyl (C=O) groups excluding carboxylic acids is 2. The van der Waals surface area contributed by atoms with Gasteiger partial charge in [0, 0.05) is 6.08 Å². The van der Waals surface area contributed by atoms with E-state index >= 15 is 0 Å². The van der Waals surface area contributed by atoms with Crippen LogP contribution in [0.15, 0.2) is 22.1 Å². The van der Waals surface area contributed by atoms with Crippen molar-refractivity contribution in [2.24, 2.45) is 9.98 Å². The molecule has 0 aliphatic carbocycles. The second-order valence-corrected chi connectivity index (χ2v) is 2.30. The number of hydrogen-bond donors (Lipinski definition) is 0. The first-order valence-corrected chi connectivity index (χ1v) is 3.17. The average Bonchev–Trinajstić information content (AvgIpc) is 2.27. The van der Waals surface area contributed by atoms with Crippen molar-refractivity contribution in [3.05, 3.63) is 12.2 Å². The lowest BCUT2D eigenvalue weighted by Gasteiger charge is -1.97. The van der Waals surface area contributed by atoms with Gasteiger partial charge in [0.25, 0.3) is 11.8 Å². The zero-order valence-electron chi connectivity index (χ0n) is 5.57. The summed E-state index contributed by atoms with van der Waals surface area (Å²) in [5.74, 6) is -0.535. The molecule has 2 aliphatic rings. The number of amides is 2. The van der Waals surface area contributed by atoms with Crippen molar-refractivity contribution in [2.75, 3.05) is 0 Å². The van der Waals surface area contributed by atoms with E-state index in [1.54, 1.807) is 0 Å². The smallest absolute Gasteiger partial charge is 0.270 e. The van der Waals surface area contributed by atoms with Crippen LogP contribution in [0.5, 0.6) is 0 Å². The fraction of sp³-hybridized carbons (Fsp3) is 0.143. The van der Waals surface area contributed by atoms with Crippen LogP contribution >= 0.6 is 0 Å². The number of rotatable bonds is 0. The maximum absolute atomic E-state index is 10.7. The molecule has 2 amide bonds. The molecule has 0 spiro atoms. The van der Waals surface area contributed by atoms with E-state index in [9.17, 15) is 9.59 Å². The van der Waals surface area contributed by atoms with E-state index in [1.807, 2.05) is 0 Å². The first kappa shape index (κ1) is 6.15. The van der Waals surface area contributed by atoms with Gasteiger partial charge < -0.3 is 0 Å². The molecule has 0 atom stereocenters. The van der Waals surface area contributed by atoms with Crippen LogP contribution in [0.2, 0.25) is 0 Å². The molecule has 0 fully saturated rings. The van der Waals surface area contributed by atoms with Crippen LogP contribution in [0.25, 0.3) is 0 Å². The molecular weight excluding hydrogens is 144 g/mol. The Morgan fingerprint density at radius 3 is 2.82 bits per heavy atom. The van der Waals surface area contributed by atoms with Gasteiger partial charge in [-0.3, -0.25) is 9.59 Å². The highest BCUT2D eigenvalue weighted by molar-refractivity contribution is 6.56. The first-order chi connectivity index (χ1) is 5.25. The molecule has 0 aromatic heterocycles. The van der Waals surface area contributed by atoms with E-state index in [-0.39, 0.29) is 18.2 Å². The number of dihydropyridines is 1. The monoisotopic (exact) mass is 148 g/mol. The Morgan fingerprint density at radius 1 is 1.18 bits per heavy atom. The number of nitrogens with zero attached hydrogens (tertiary/aromatic N) is 2.